The van der Waals surface area contributed by atoms with E-state index < -0.39 is 0 Å². The van der Waals surface area contributed by atoms with E-state index in [2.05, 4.69) is 53.1 Å². The molecule has 2 aliphatic heterocycles. The van der Waals surface area contributed by atoms with Crippen LogP contribution in [0.25, 0.3) is 11.8 Å². The van der Waals surface area contributed by atoms with Crippen molar-refractivity contribution >= 4 is 11.8 Å². The normalized spacial score (nSPS) is 17.4. The first-order valence-corrected chi connectivity index (χ1v) is 8.90. The predicted octanol–water partition coefficient (Wildman–Crippen LogP) is 4.32. The smallest absolute Gasteiger partial charge is 0.136 e. The predicted molar refractivity (Wildman–Crippen MR) is 99.1 cm³/mol. The van der Waals surface area contributed by atoms with Crippen molar-refractivity contribution in [3.63, 3.8) is 0 Å². The maximum Gasteiger partial charge on any atom is 0.136 e. The Hall–Kier alpha value is -2.26. The van der Waals surface area contributed by atoms with E-state index in [9.17, 15) is 0 Å². The van der Waals surface area contributed by atoms with Gasteiger partial charge in [-0.25, -0.2) is 0 Å². The van der Waals surface area contributed by atoms with Crippen LogP contribution in [0.2, 0.25) is 0 Å². The number of benzene rings is 2. The summed E-state index contributed by atoms with van der Waals surface area (Å²) >= 11 is 0. The van der Waals surface area contributed by atoms with Crippen molar-refractivity contribution in [2.24, 2.45) is 0 Å². The molecule has 0 N–H and O–H groups in total. The van der Waals surface area contributed by atoms with Gasteiger partial charge in [-0.15, -0.1) is 0 Å². The Morgan fingerprint density at radius 1 is 0.875 bits per heavy atom. The average Bonchev–Trinajstić information content (AvgIpc) is 2.79. The number of hydrogen-bond donors (Lipinski definition) is 0. The third-order valence-corrected chi connectivity index (χ3v) is 4.85. The first kappa shape index (κ1) is 15.3. The van der Waals surface area contributed by atoms with Gasteiger partial charge in [-0.1, -0.05) is 37.3 Å². The first-order chi connectivity index (χ1) is 11.8. The molecule has 2 aromatic carbocycles. The fourth-order valence-electron chi connectivity index (χ4n) is 3.59. The lowest BCUT2D eigenvalue weighted by atomic mass is 10.1. The van der Waals surface area contributed by atoms with Gasteiger partial charge in [0.15, 0.2) is 0 Å². The van der Waals surface area contributed by atoms with E-state index in [0.717, 1.165) is 43.2 Å². The van der Waals surface area contributed by atoms with E-state index in [1.807, 2.05) is 18.2 Å². The summed E-state index contributed by atoms with van der Waals surface area (Å²) in [4.78, 5) is 5.07. The molecule has 3 heteroatoms. The van der Waals surface area contributed by atoms with Crippen LogP contribution in [0.4, 0.5) is 0 Å². The Bertz CT molecular complexity index is 745. The number of nitrogens with zero attached hydrogens (tertiary/aromatic N) is 2. The molecule has 0 bridgehead atoms. The summed E-state index contributed by atoms with van der Waals surface area (Å²) < 4.78 is 6.19. The SMILES string of the molecule is CCCN1CCN(C2=Cc3ccccc3Oc3ccccc32)CC1. The molecule has 24 heavy (non-hydrogen) atoms. The molecule has 1 fully saturated rings. The van der Waals surface area contributed by atoms with Gasteiger partial charge in [0.25, 0.3) is 0 Å². The van der Waals surface area contributed by atoms with Gasteiger partial charge in [-0.05, 0) is 37.2 Å². The molecule has 0 aromatic heterocycles. The topological polar surface area (TPSA) is 15.7 Å². The minimum Gasteiger partial charge on any atom is -0.456 e. The molecule has 4 rings (SSSR count). The monoisotopic (exact) mass is 320 g/mol. The van der Waals surface area contributed by atoms with Crippen molar-refractivity contribution in [1.82, 2.24) is 9.80 Å². The molecule has 0 amide bonds. The van der Waals surface area contributed by atoms with E-state index in [1.54, 1.807) is 0 Å². The highest BCUT2D eigenvalue weighted by Gasteiger charge is 2.23. The number of para-hydroxylation sites is 2. The fraction of sp³-hybridized carbons (Fsp3) is 0.333. The van der Waals surface area contributed by atoms with Gasteiger partial charge in [0, 0.05) is 43.0 Å². The lowest BCUT2D eigenvalue weighted by Crippen LogP contribution is -2.45. The zero-order valence-corrected chi connectivity index (χ0v) is 14.2. The number of ether oxygens (including phenoxy) is 1. The van der Waals surface area contributed by atoms with Gasteiger partial charge in [0.2, 0.25) is 0 Å². The van der Waals surface area contributed by atoms with Crippen LogP contribution in [-0.2, 0) is 0 Å². The molecule has 124 valence electrons. The summed E-state index contributed by atoms with van der Waals surface area (Å²) in [6.07, 6.45) is 3.52. The summed E-state index contributed by atoms with van der Waals surface area (Å²) in [5.74, 6) is 1.88. The third kappa shape index (κ3) is 2.92. The van der Waals surface area contributed by atoms with Crippen molar-refractivity contribution in [1.29, 1.82) is 0 Å². The fourth-order valence-corrected chi connectivity index (χ4v) is 3.59. The van der Waals surface area contributed by atoms with E-state index in [1.165, 1.54) is 24.2 Å². The van der Waals surface area contributed by atoms with Crippen molar-refractivity contribution in [2.75, 3.05) is 32.7 Å². The second kappa shape index (κ2) is 6.70. The van der Waals surface area contributed by atoms with Gasteiger partial charge < -0.3 is 9.64 Å². The Kier molecular flexibility index (Phi) is 4.26. The van der Waals surface area contributed by atoms with Crippen LogP contribution >= 0.6 is 0 Å². The zero-order chi connectivity index (χ0) is 16.4. The Balaban J connectivity index is 1.69. The average molecular weight is 320 g/mol. The van der Waals surface area contributed by atoms with Crippen molar-refractivity contribution < 1.29 is 4.74 Å². The minimum atomic E-state index is 0.935. The lowest BCUT2D eigenvalue weighted by Gasteiger charge is -2.37. The maximum absolute atomic E-state index is 6.19. The molecule has 1 saturated heterocycles. The number of fused-ring (bicyclic) bond motifs is 2. The summed E-state index contributed by atoms with van der Waals surface area (Å²) in [6.45, 7) is 7.87. The summed E-state index contributed by atoms with van der Waals surface area (Å²) in [6, 6.07) is 16.7. The summed E-state index contributed by atoms with van der Waals surface area (Å²) in [5, 5.41) is 0. The molecule has 0 radical (unpaired) electrons. The zero-order valence-electron chi connectivity index (χ0n) is 14.2. The highest BCUT2D eigenvalue weighted by atomic mass is 16.5. The van der Waals surface area contributed by atoms with Crippen molar-refractivity contribution in [3.8, 4) is 11.5 Å². The van der Waals surface area contributed by atoms with Gasteiger partial charge >= 0.3 is 0 Å². The Morgan fingerprint density at radius 3 is 2.38 bits per heavy atom. The van der Waals surface area contributed by atoms with Crippen LogP contribution in [-0.4, -0.2) is 42.5 Å². The first-order valence-electron chi connectivity index (χ1n) is 8.90. The quantitative estimate of drug-likeness (QED) is 0.838. The van der Waals surface area contributed by atoms with E-state index >= 15 is 0 Å². The Morgan fingerprint density at radius 2 is 1.58 bits per heavy atom. The van der Waals surface area contributed by atoms with Crippen LogP contribution < -0.4 is 4.74 Å². The summed E-state index contributed by atoms with van der Waals surface area (Å²) in [5.41, 5.74) is 3.63. The molecule has 2 heterocycles. The minimum absolute atomic E-state index is 0.935. The van der Waals surface area contributed by atoms with Gasteiger partial charge in [0.05, 0.1) is 0 Å². The van der Waals surface area contributed by atoms with Gasteiger partial charge in [-0.2, -0.15) is 0 Å². The molecule has 2 aliphatic rings. The maximum atomic E-state index is 6.19. The molecule has 0 unspecified atom stereocenters. The highest BCUT2D eigenvalue weighted by Crippen LogP contribution is 2.39. The van der Waals surface area contributed by atoms with Crippen LogP contribution in [0.3, 0.4) is 0 Å². The van der Waals surface area contributed by atoms with Crippen molar-refractivity contribution in [2.45, 2.75) is 13.3 Å². The highest BCUT2D eigenvalue weighted by molar-refractivity contribution is 5.86. The van der Waals surface area contributed by atoms with Gasteiger partial charge in [0.1, 0.15) is 11.5 Å². The second-order valence-corrected chi connectivity index (χ2v) is 6.49. The van der Waals surface area contributed by atoms with Gasteiger partial charge in [-0.3, -0.25) is 4.90 Å². The molecule has 0 aliphatic carbocycles. The molecule has 2 aromatic rings. The second-order valence-electron chi connectivity index (χ2n) is 6.49. The summed E-state index contributed by atoms with van der Waals surface area (Å²) in [7, 11) is 0. The Labute approximate surface area is 144 Å². The van der Waals surface area contributed by atoms with Crippen LogP contribution in [0.5, 0.6) is 11.5 Å². The largest absolute Gasteiger partial charge is 0.456 e. The molecule has 3 nitrogen and oxygen atoms in total. The number of hydrogen-bond acceptors (Lipinski definition) is 3. The van der Waals surface area contributed by atoms with Crippen molar-refractivity contribution in [3.05, 3.63) is 59.7 Å². The van der Waals surface area contributed by atoms with E-state index in [4.69, 9.17) is 4.74 Å². The number of piperazine rings is 1. The molecular formula is C21H24N2O. The van der Waals surface area contributed by atoms with E-state index in [-0.39, 0.29) is 0 Å². The van der Waals surface area contributed by atoms with Crippen LogP contribution in [0.1, 0.15) is 24.5 Å². The molecule has 0 atom stereocenters. The standard InChI is InChI=1S/C21H24N2O/c1-2-11-22-12-14-23(15-13-22)19-16-17-7-3-5-9-20(17)24-21-10-6-4-8-18(19)21/h3-10,16H,2,11-15H2,1H3. The van der Waals surface area contributed by atoms with Crippen LogP contribution in [0.15, 0.2) is 48.5 Å². The van der Waals surface area contributed by atoms with Crippen LogP contribution in [0, 0.1) is 0 Å². The lowest BCUT2D eigenvalue weighted by molar-refractivity contribution is 0.176. The third-order valence-electron chi connectivity index (χ3n) is 4.85. The van der Waals surface area contributed by atoms with E-state index in [0.29, 0.717) is 0 Å². The molecular weight excluding hydrogens is 296 g/mol. The number of rotatable bonds is 3. The molecule has 0 spiro atoms. The molecule has 0 saturated carbocycles.